The average Bonchev–Trinajstić information content (AvgIpc) is 2.98. The lowest BCUT2D eigenvalue weighted by Crippen LogP contribution is -2.32. The molecule has 1 fully saturated rings. The number of amides is 1. The average molecular weight is 272 g/mol. The van der Waals surface area contributed by atoms with Crippen LogP contribution in [0.5, 0.6) is 0 Å². The highest BCUT2D eigenvalue weighted by molar-refractivity contribution is 5.76. The Labute approximate surface area is 121 Å². The molecule has 20 heavy (non-hydrogen) atoms. The van der Waals surface area contributed by atoms with E-state index in [0.29, 0.717) is 12.5 Å². The molecular weight excluding hydrogens is 248 g/mol. The van der Waals surface area contributed by atoms with Gasteiger partial charge in [0.15, 0.2) is 0 Å². The summed E-state index contributed by atoms with van der Waals surface area (Å²) in [4.78, 5) is 12.0. The molecule has 2 aliphatic rings. The number of carbonyl (C=O) groups excluding carboxylic acids is 1. The zero-order valence-electron chi connectivity index (χ0n) is 12.1. The summed E-state index contributed by atoms with van der Waals surface area (Å²) in [6.07, 6.45) is 7.45. The number of benzene rings is 1. The van der Waals surface area contributed by atoms with Gasteiger partial charge in [0, 0.05) is 19.0 Å². The molecule has 0 bridgehead atoms. The van der Waals surface area contributed by atoms with Gasteiger partial charge < -0.3 is 10.6 Å². The van der Waals surface area contributed by atoms with Crippen molar-refractivity contribution in [2.24, 2.45) is 0 Å². The molecule has 1 amide bonds. The maximum Gasteiger partial charge on any atom is 0.220 e. The van der Waals surface area contributed by atoms with Gasteiger partial charge in [-0.05, 0) is 48.9 Å². The second kappa shape index (κ2) is 6.40. The largest absolute Gasteiger partial charge is 0.353 e. The Morgan fingerprint density at radius 3 is 3.00 bits per heavy atom. The molecule has 0 aromatic heterocycles. The normalized spacial score (nSPS) is 18.8. The van der Waals surface area contributed by atoms with Crippen LogP contribution in [0.1, 0.15) is 48.8 Å². The van der Waals surface area contributed by atoms with Crippen molar-refractivity contribution < 1.29 is 4.79 Å². The first kappa shape index (κ1) is 13.6. The molecule has 1 aromatic rings. The van der Waals surface area contributed by atoms with Crippen LogP contribution in [-0.4, -0.2) is 18.5 Å². The maximum absolute atomic E-state index is 12.0. The number of carbonyl (C=O) groups is 1. The highest BCUT2D eigenvalue weighted by atomic mass is 16.1. The molecule has 0 radical (unpaired) electrons. The molecule has 3 nitrogen and oxygen atoms in total. The molecule has 3 rings (SSSR count). The maximum atomic E-state index is 12.0. The van der Waals surface area contributed by atoms with E-state index < -0.39 is 0 Å². The Kier molecular flexibility index (Phi) is 4.36. The molecule has 1 aromatic carbocycles. The number of hydrogen-bond acceptors (Lipinski definition) is 2. The summed E-state index contributed by atoms with van der Waals surface area (Å²) in [5.41, 5.74) is 4.22. The molecule has 1 aliphatic heterocycles. The van der Waals surface area contributed by atoms with Gasteiger partial charge >= 0.3 is 0 Å². The number of rotatable bonds is 4. The molecule has 1 aliphatic carbocycles. The minimum Gasteiger partial charge on any atom is -0.353 e. The summed E-state index contributed by atoms with van der Waals surface area (Å²) in [5, 5.41) is 6.60. The first-order valence-corrected chi connectivity index (χ1v) is 7.92. The summed E-state index contributed by atoms with van der Waals surface area (Å²) in [5.74, 6) is 0.221. The Hall–Kier alpha value is -1.35. The fourth-order valence-corrected chi connectivity index (χ4v) is 3.44. The molecule has 0 atom stereocenters. The van der Waals surface area contributed by atoms with E-state index >= 15 is 0 Å². The number of fused-ring (bicyclic) bond motifs is 1. The third-order valence-electron chi connectivity index (χ3n) is 4.58. The third-order valence-corrected chi connectivity index (χ3v) is 4.58. The lowest BCUT2D eigenvalue weighted by Gasteiger charge is -2.20. The van der Waals surface area contributed by atoms with Crippen LogP contribution >= 0.6 is 0 Å². The van der Waals surface area contributed by atoms with Gasteiger partial charge in [0.1, 0.15) is 0 Å². The van der Waals surface area contributed by atoms with E-state index in [0.717, 1.165) is 38.8 Å². The molecule has 2 N–H and O–H groups in total. The SMILES string of the molecule is O=C(CCc1cccc2c1CNCC2)NC1CCCC1. The standard InChI is InChI=1S/C17H24N2O/c20-17(19-15-6-1-2-7-15)9-8-13-4-3-5-14-10-11-18-12-16(13)14/h3-5,15,18H,1-2,6-12H2,(H,19,20). The summed E-state index contributed by atoms with van der Waals surface area (Å²) in [6.45, 7) is 2.02. The third kappa shape index (κ3) is 3.21. The van der Waals surface area contributed by atoms with E-state index in [-0.39, 0.29) is 5.91 Å². The second-order valence-electron chi connectivity index (χ2n) is 6.03. The first-order chi connectivity index (χ1) is 9.83. The van der Waals surface area contributed by atoms with Crippen molar-refractivity contribution in [1.29, 1.82) is 0 Å². The molecule has 1 heterocycles. The minimum atomic E-state index is 0.221. The molecule has 3 heteroatoms. The Morgan fingerprint density at radius 2 is 2.15 bits per heavy atom. The van der Waals surface area contributed by atoms with Crippen molar-refractivity contribution >= 4 is 5.91 Å². The fourth-order valence-electron chi connectivity index (χ4n) is 3.44. The number of aryl methyl sites for hydroxylation is 1. The van der Waals surface area contributed by atoms with Crippen LogP contribution in [0.3, 0.4) is 0 Å². The van der Waals surface area contributed by atoms with Gasteiger partial charge in [-0.25, -0.2) is 0 Å². The molecule has 0 saturated heterocycles. The van der Waals surface area contributed by atoms with E-state index in [1.807, 2.05) is 0 Å². The quantitative estimate of drug-likeness (QED) is 0.883. The minimum absolute atomic E-state index is 0.221. The lowest BCUT2D eigenvalue weighted by molar-refractivity contribution is -0.121. The van der Waals surface area contributed by atoms with Gasteiger partial charge in [-0.1, -0.05) is 31.0 Å². The molecular formula is C17H24N2O. The zero-order valence-corrected chi connectivity index (χ0v) is 12.1. The molecule has 0 spiro atoms. The van der Waals surface area contributed by atoms with Crippen LogP contribution in [0.4, 0.5) is 0 Å². The van der Waals surface area contributed by atoms with E-state index in [9.17, 15) is 4.79 Å². The topological polar surface area (TPSA) is 41.1 Å². The van der Waals surface area contributed by atoms with Crippen LogP contribution in [0.15, 0.2) is 18.2 Å². The van der Waals surface area contributed by atoms with Crippen molar-refractivity contribution in [2.75, 3.05) is 6.54 Å². The smallest absolute Gasteiger partial charge is 0.220 e. The summed E-state index contributed by atoms with van der Waals surface area (Å²) >= 11 is 0. The molecule has 0 unspecified atom stereocenters. The Morgan fingerprint density at radius 1 is 1.30 bits per heavy atom. The van der Waals surface area contributed by atoms with E-state index in [1.54, 1.807) is 0 Å². The van der Waals surface area contributed by atoms with Gasteiger partial charge in [0.05, 0.1) is 0 Å². The summed E-state index contributed by atoms with van der Waals surface area (Å²) < 4.78 is 0. The highest BCUT2D eigenvalue weighted by Crippen LogP contribution is 2.20. The van der Waals surface area contributed by atoms with Crippen molar-refractivity contribution in [3.63, 3.8) is 0 Å². The van der Waals surface area contributed by atoms with Crippen molar-refractivity contribution in [3.8, 4) is 0 Å². The van der Waals surface area contributed by atoms with E-state index in [4.69, 9.17) is 0 Å². The predicted molar refractivity (Wildman–Crippen MR) is 80.6 cm³/mol. The van der Waals surface area contributed by atoms with Gasteiger partial charge in [0.25, 0.3) is 0 Å². The van der Waals surface area contributed by atoms with Crippen LogP contribution in [-0.2, 0) is 24.2 Å². The van der Waals surface area contributed by atoms with Crippen LogP contribution in [0.2, 0.25) is 0 Å². The first-order valence-electron chi connectivity index (χ1n) is 7.92. The van der Waals surface area contributed by atoms with E-state index in [1.165, 1.54) is 29.5 Å². The van der Waals surface area contributed by atoms with Crippen LogP contribution in [0, 0.1) is 0 Å². The summed E-state index contributed by atoms with van der Waals surface area (Å²) in [6, 6.07) is 6.97. The molecule has 108 valence electrons. The van der Waals surface area contributed by atoms with Crippen molar-refractivity contribution in [2.45, 2.75) is 57.5 Å². The Bertz CT molecular complexity index is 478. The summed E-state index contributed by atoms with van der Waals surface area (Å²) in [7, 11) is 0. The fraction of sp³-hybridized carbons (Fsp3) is 0.588. The monoisotopic (exact) mass is 272 g/mol. The van der Waals surface area contributed by atoms with Crippen LogP contribution in [0.25, 0.3) is 0 Å². The van der Waals surface area contributed by atoms with Gasteiger partial charge in [0.2, 0.25) is 5.91 Å². The lowest BCUT2D eigenvalue weighted by atomic mass is 9.93. The predicted octanol–water partition coefficient (Wildman–Crippen LogP) is 2.32. The van der Waals surface area contributed by atoms with Gasteiger partial charge in [-0.3, -0.25) is 4.79 Å². The number of nitrogens with one attached hydrogen (secondary N) is 2. The zero-order chi connectivity index (χ0) is 13.8. The van der Waals surface area contributed by atoms with Gasteiger partial charge in [-0.2, -0.15) is 0 Å². The van der Waals surface area contributed by atoms with Crippen molar-refractivity contribution in [1.82, 2.24) is 10.6 Å². The highest BCUT2D eigenvalue weighted by Gasteiger charge is 2.17. The second-order valence-corrected chi connectivity index (χ2v) is 6.03. The van der Waals surface area contributed by atoms with Gasteiger partial charge in [-0.15, -0.1) is 0 Å². The van der Waals surface area contributed by atoms with E-state index in [2.05, 4.69) is 28.8 Å². The molecule has 1 saturated carbocycles. The Balaban J connectivity index is 1.56. The van der Waals surface area contributed by atoms with Crippen molar-refractivity contribution in [3.05, 3.63) is 34.9 Å². The number of hydrogen-bond donors (Lipinski definition) is 2. The van der Waals surface area contributed by atoms with Crippen LogP contribution < -0.4 is 10.6 Å².